The van der Waals surface area contributed by atoms with Gasteiger partial charge >= 0.3 is 0 Å². The zero-order chi connectivity index (χ0) is 14.1. The summed E-state index contributed by atoms with van der Waals surface area (Å²) < 4.78 is 62.7. The SMILES string of the molecule is C=Cc1ccc(S(=O)(=O)O)c(S(=O)(=O)O)c1C=C. The zero-order valence-electron chi connectivity index (χ0n) is 9.07. The first-order valence-electron chi connectivity index (χ1n) is 4.49. The van der Waals surface area contributed by atoms with Gasteiger partial charge in [0.1, 0.15) is 9.79 Å². The van der Waals surface area contributed by atoms with Gasteiger partial charge in [0.15, 0.2) is 0 Å². The Labute approximate surface area is 105 Å². The van der Waals surface area contributed by atoms with Gasteiger partial charge in [-0.15, -0.1) is 0 Å². The lowest BCUT2D eigenvalue weighted by Crippen LogP contribution is -2.11. The summed E-state index contributed by atoms with van der Waals surface area (Å²) in [6, 6.07) is 2.10. The number of hydrogen-bond acceptors (Lipinski definition) is 4. The number of rotatable bonds is 4. The molecule has 0 unspecified atom stereocenters. The van der Waals surface area contributed by atoms with Gasteiger partial charge in [0.25, 0.3) is 20.2 Å². The van der Waals surface area contributed by atoms with E-state index in [0.29, 0.717) is 0 Å². The first-order valence-corrected chi connectivity index (χ1v) is 7.37. The molecule has 0 saturated carbocycles. The van der Waals surface area contributed by atoms with Crippen LogP contribution in [0.4, 0.5) is 0 Å². The highest BCUT2D eigenvalue weighted by Gasteiger charge is 2.27. The van der Waals surface area contributed by atoms with Crippen LogP contribution in [-0.2, 0) is 20.2 Å². The average Bonchev–Trinajstić information content (AvgIpc) is 2.24. The van der Waals surface area contributed by atoms with Crippen LogP contribution >= 0.6 is 0 Å². The van der Waals surface area contributed by atoms with E-state index in [1.807, 2.05) is 0 Å². The van der Waals surface area contributed by atoms with Gasteiger partial charge in [-0.2, -0.15) is 16.8 Å². The molecular formula is C10H10O6S2. The van der Waals surface area contributed by atoms with Crippen LogP contribution in [0.15, 0.2) is 35.1 Å². The Hall–Kier alpha value is -1.48. The summed E-state index contributed by atoms with van der Waals surface area (Å²) in [7, 11) is -9.65. The Morgan fingerprint density at radius 3 is 1.83 bits per heavy atom. The maximum atomic E-state index is 11.2. The summed E-state index contributed by atoms with van der Waals surface area (Å²) in [4.78, 5) is -1.83. The lowest BCUT2D eigenvalue weighted by atomic mass is 10.1. The first-order chi connectivity index (χ1) is 8.12. The van der Waals surface area contributed by atoms with Crippen LogP contribution in [0.5, 0.6) is 0 Å². The molecule has 8 heteroatoms. The highest BCUT2D eigenvalue weighted by atomic mass is 32.2. The van der Waals surface area contributed by atoms with E-state index in [1.54, 1.807) is 0 Å². The molecule has 1 aromatic rings. The molecule has 0 bridgehead atoms. The van der Waals surface area contributed by atoms with E-state index in [0.717, 1.165) is 12.1 Å². The van der Waals surface area contributed by atoms with Crippen molar-refractivity contribution in [3.63, 3.8) is 0 Å². The van der Waals surface area contributed by atoms with E-state index in [1.165, 1.54) is 12.1 Å². The fourth-order valence-corrected chi connectivity index (χ4v) is 3.47. The van der Waals surface area contributed by atoms with E-state index in [-0.39, 0.29) is 11.1 Å². The van der Waals surface area contributed by atoms with Crippen molar-refractivity contribution >= 4 is 32.4 Å². The minimum absolute atomic E-state index is 0.150. The Bertz CT molecular complexity index is 713. The van der Waals surface area contributed by atoms with Gasteiger partial charge in [0, 0.05) is 5.56 Å². The van der Waals surface area contributed by atoms with Gasteiger partial charge in [0.2, 0.25) is 0 Å². The summed E-state index contributed by atoms with van der Waals surface area (Å²) in [5, 5.41) is 0. The third-order valence-electron chi connectivity index (χ3n) is 2.15. The fourth-order valence-electron chi connectivity index (χ4n) is 1.45. The predicted octanol–water partition coefficient (Wildman–Crippen LogP) is 1.47. The van der Waals surface area contributed by atoms with E-state index in [4.69, 9.17) is 9.11 Å². The molecule has 0 spiro atoms. The van der Waals surface area contributed by atoms with Gasteiger partial charge in [0.05, 0.1) is 0 Å². The minimum Gasteiger partial charge on any atom is -0.282 e. The van der Waals surface area contributed by atoms with Gasteiger partial charge in [-0.3, -0.25) is 9.11 Å². The van der Waals surface area contributed by atoms with Gasteiger partial charge < -0.3 is 0 Å². The molecule has 18 heavy (non-hydrogen) atoms. The smallest absolute Gasteiger partial charge is 0.282 e. The van der Waals surface area contributed by atoms with Crippen molar-refractivity contribution in [1.82, 2.24) is 0 Å². The second-order valence-electron chi connectivity index (χ2n) is 3.25. The highest BCUT2D eigenvalue weighted by molar-refractivity contribution is 7.89. The molecule has 0 aliphatic rings. The maximum Gasteiger partial charge on any atom is 0.296 e. The molecule has 98 valence electrons. The predicted molar refractivity (Wildman–Crippen MR) is 66.3 cm³/mol. The van der Waals surface area contributed by atoms with Crippen LogP contribution in [0.1, 0.15) is 11.1 Å². The van der Waals surface area contributed by atoms with Crippen LogP contribution in [0.25, 0.3) is 12.2 Å². The number of benzene rings is 1. The van der Waals surface area contributed by atoms with Crippen molar-refractivity contribution in [3.05, 3.63) is 36.4 Å². The second-order valence-corrected chi connectivity index (χ2v) is 6.00. The Morgan fingerprint density at radius 2 is 1.50 bits per heavy atom. The Balaban J connectivity index is 4.02. The quantitative estimate of drug-likeness (QED) is 0.813. The highest BCUT2D eigenvalue weighted by Crippen LogP contribution is 2.29. The van der Waals surface area contributed by atoms with Crippen LogP contribution in [-0.4, -0.2) is 25.9 Å². The average molecular weight is 290 g/mol. The van der Waals surface area contributed by atoms with Crippen LogP contribution in [0.3, 0.4) is 0 Å². The summed E-state index contributed by atoms with van der Waals surface area (Å²) >= 11 is 0. The molecule has 0 heterocycles. The van der Waals surface area contributed by atoms with Gasteiger partial charge in [-0.05, 0) is 11.6 Å². The molecule has 0 aliphatic heterocycles. The van der Waals surface area contributed by atoms with Crippen molar-refractivity contribution in [3.8, 4) is 0 Å². The molecule has 0 fully saturated rings. The van der Waals surface area contributed by atoms with E-state index >= 15 is 0 Å². The van der Waals surface area contributed by atoms with Crippen LogP contribution in [0, 0.1) is 0 Å². The lowest BCUT2D eigenvalue weighted by molar-refractivity contribution is 0.466. The molecule has 0 saturated heterocycles. The molecule has 0 aliphatic carbocycles. The zero-order valence-corrected chi connectivity index (χ0v) is 10.7. The van der Waals surface area contributed by atoms with E-state index in [9.17, 15) is 16.8 Å². The van der Waals surface area contributed by atoms with Crippen molar-refractivity contribution in [1.29, 1.82) is 0 Å². The second kappa shape index (κ2) is 4.65. The molecule has 6 nitrogen and oxygen atoms in total. The summed E-state index contributed by atoms with van der Waals surface area (Å²) in [5.41, 5.74) is 0.104. The van der Waals surface area contributed by atoms with Crippen LogP contribution in [0.2, 0.25) is 0 Å². The van der Waals surface area contributed by atoms with Crippen molar-refractivity contribution in [2.75, 3.05) is 0 Å². The maximum absolute atomic E-state index is 11.2. The van der Waals surface area contributed by atoms with Crippen LogP contribution < -0.4 is 0 Å². The van der Waals surface area contributed by atoms with Crippen molar-refractivity contribution < 1.29 is 25.9 Å². The molecule has 0 atom stereocenters. The number of hydrogen-bond donors (Lipinski definition) is 2. The molecule has 0 radical (unpaired) electrons. The molecule has 1 rings (SSSR count). The van der Waals surface area contributed by atoms with Crippen molar-refractivity contribution in [2.45, 2.75) is 9.79 Å². The largest absolute Gasteiger partial charge is 0.296 e. The fraction of sp³-hybridized carbons (Fsp3) is 0. The normalized spacial score (nSPS) is 12.1. The van der Waals surface area contributed by atoms with Gasteiger partial charge in [-0.1, -0.05) is 31.4 Å². The van der Waals surface area contributed by atoms with E-state index < -0.39 is 30.0 Å². The standard InChI is InChI=1S/C10H10O6S2/c1-3-7-5-6-9(17(11,12)13)10(8(7)4-2)18(14,15)16/h3-6H,1-2H2,(H,11,12,13)(H,14,15,16). The van der Waals surface area contributed by atoms with Crippen molar-refractivity contribution in [2.24, 2.45) is 0 Å². The minimum atomic E-state index is -4.85. The van der Waals surface area contributed by atoms with Gasteiger partial charge in [-0.25, -0.2) is 0 Å². The molecule has 0 aromatic heterocycles. The summed E-state index contributed by atoms with van der Waals surface area (Å²) in [6.07, 6.45) is 2.31. The molecule has 1 aromatic carbocycles. The monoisotopic (exact) mass is 290 g/mol. The molecular weight excluding hydrogens is 280 g/mol. The third kappa shape index (κ3) is 2.67. The Kier molecular flexibility index (Phi) is 3.77. The molecule has 2 N–H and O–H groups in total. The Morgan fingerprint density at radius 1 is 0.944 bits per heavy atom. The van der Waals surface area contributed by atoms with E-state index in [2.05, 4.69) is 13.2 Å². The third-order valence-corrected chi connectivity index (χ3v) is 4.13. The summed E-state index contributed by atoms with van der Waals surface area (Å²) in [6.45, 7) is 6.76. The summed E-state index contributed by atoms with van der Waals surface area (Å²) in [5.74, 6) is 0. The molecule has 0 amide bonds. The lowest BCUT2D eigenvalue weighted by Gasteiger charge is -2.10. The first kappa shape index (κ1) is 14.6. The topological polar surface area (TPSA) is 109 Å².